The fraction of sp³-hybridized carbons (Fsp3) is 0. The van der Waals surface area contributed by atoms with Crippen LogP contribution in [0, 0.1) is 0 Å². The number of hydrogen-bond donors (Lipinski definition) is 0. The smallest absolute Gasteiger partial charge is 1.00 e. The molecule has 0 rings (SSSR count). The van der Waals surface area contributed by atoms with Gasteiger partial charge in [-0.05, 0) is 0 Å². The van der Waals surface area contributed by atoms with Crippen LogP contribution in [0.2, 0.25) is 0 Å². The molecule has 0 atom stereocenters. The van der Waals surface area contributed by atoms with Crippen molar-refractivity contribution in [1.29, 1.82) is 0 Å². The molecule has 0 aromatic rings. The minimum atomic E-state index is 0. The van der Waals surface area contributed by atoms with Gasteiger partial charge in [0.05, 0.1) is 0 Å². The summed E-state index contributed by atoms with van der Waals surface area (Å²) in [6.07, 6.45) is 0. The van der Waals surface area contributed by atoms with Crippen LogP contribution in [0.5, 0.6) is 0 Å². The van der Waals surface area contributed by atoms with Gasteiger partial charge in [-0.25, -0.2) is 0 Å². The van der Waals surface area contributed by atoms with Crippen LogP contribution in [0.25, 0.3) is 0 Å². The maximum atomic E-state index is 0. The Kier molecular flexibility index (Phi) is 2090. The van der Waals surface area contributed by atoms with Crippen molar-refractivity contribution in [3.05, 3.63) is 0 Å². The molecule has 0 heterocycles. The summed E-state index contributed by atoms with van der Waals surface area (Å²) in [7, 11) is 0. The molecule has 0 radical (unpaired) electrons. The van der Waals surface area contributed by atoms with E-state index in [9.17, 15) is 0 Å². The second kappa shape index (κ2) is 128. The second-order valence-corrected chi connectivity index (χ2v) is 0. The second-order valence-electron chi connectivity index (χ2n) is 0. The number of hydrogen-bond acceptors (Lipinski definition) is 0. The molecule has 78 valence electrons. The van der Waals surface area contributed by atoms with Crippen LogP contribution >= 0.6 is 0 Å². The third-order valence-electron chi connectivity index (χ3n) is 0. The molecular formula is Cl8MoPd-6. The van der Waals surface area contributed by atoms with Crippen LogP contribution in [0.1, 0.15) is 0 Å². The first kappa shape index (κ1) is 163. The first-order chi connectivity index (χ1) is 0. The van der Waals surface area contributed by atoms with Crippen molar-refractivity contribution in [1.82, 2.24) is 0 Å². The summed E-state index contributed by atoms with van der Waals surface area (Å²) in [6.45, 7) is 0. The van der Waals surface area contributed by atoms with E-state index >= 15 is 0 Å². The minimum Gasteiger partial charge on any atom is -1.00 e. The molecule has 0 aromatic carbocycles. The van der Waals surface area contributed by atoms with E-state index in [4.69, 9.17) is 0 Å². The molecule has 10 heavy (non-hydrogen) atoms. The summed E-state index contributed by atoms with van der Waals surface area (Å²) >= 11 is 0. The normalized spacial score (nSPS) is 0. The molecule has 10 heteroatoms. The van der Waals surface area contributed by atoms with Gasteiger partial charge in [0.15, 0.2) is 0 Å². The van der Waals surface area contributed by atoms with E-state index in [1.807, 2.05) is 0 Å². The molecule has 0 amide bonds. The Balaban J connectivity index is 0. The van der Waals surface area contributed by atoms with E-state index in [0.717, 1.165) is 0 Å². The van der Waals surface area contributed by atoms with E-state index in [1.165, 1.54) is 0 Å². The molecule has 0 aromatic heterocycles. The Morgan fingerprint density at radius 3 is 0.300 bits per heavy atom. The van der Waals surface area contributed by atoms with Crippen LogP contribution in [0.3, 0.4) is 0 Å². The molecule has 0 N–H and O–H groups in total. The van der Waals surface area contributed by atoms with Crippen molar-refractivity contribution in [3.8, 4) is 0 Å². The van der Waals surface area contributed by atoms with Crippen LogP contribution < -0.4 is 99.3 Å². The Labute approximate surface area is 139 Å². The Hall–Kier alpha value is 3.67. The van der Waals surface area contributed by atoms with Crippen LogP contribution in [0.4, 0.5) is 0 Å². The average Bonchev–Trinajstić information content (AvgIpc) is 0. The van der Waals surface area contributed by atoms with Gasteiger partial charge in [0, 0.05) is 21.1 Å². The summed E-state index contributed by atoms with van der Waals surface area (Å²) in [5, 5.41) is 0. The summed E-state index contributed by atoms with van der Waals surface area (Å²) in [4.78, 5) is 0. The van der Waals surface area contributed by atoms with Crippen molar-refractivity contribution in [3.63, 3.8) is 0 Å². The summed E-state index contributed by atoms with van der Waals surface area (Å²) in [5.74, 6) is 0. The maximum Gasteiger partial charge on any atom is 2.00 e. The summed E-state index contributed by atoms with van der Waals surface area (Å²) in [6, 6.07) is 0. The largest absolute Gasteiger partial charge is 2.00 e. The predicted octanol–water partition coefficient (Wildman–Crippen LogP) is -24.0. The zero-order valence-electron chi connectivity index (χ0n) is 3.75. The molecule has 0 fully saturated rings. The average molecular weight is 486 g/mol. The van der Waals surface area contributed by atoms with Crippen molar-refractivity contribution in [2.75, 3.05) is 0 Å². The molecule has 0 aliphatic heterocycles. The number of rotatable bonds is 0. The summed E-state index contributed by atoms with van der Waals surface area (Å²) < 4.78 is 0. The molecule has 0 aliphatic rings. The topological polar surface area (TPSA) is 0 Å². The van der Waals surface area contributed by atoms with Crippen LogP contribution in [0.15, 0.2) is 0 Å². The molecule has 0 nitrogen and oxygen atoms in total. The van der Waals surface area contributed by atoms with E-state index < -0.39 is 0 Å². The zero-order chi connectivity index (χ0) is 0. The van der Waals surface area contributed by atoms with Crippen LogP contribution in [-0.4, -0.2) is 0 Å². The summed E-state index contributed by atoms with van der Waals surface area (Å²) in [5.41, 5.74) is 0. The third kappa shape index (κ3) is 98.6. The first-order valence-electron chi connectivity index (χ1n) is 0. The van der Waals surface area contributed by atoms with Gasteiger partial charge in [-0.2, -0.15) is 0 Å². The van der Waals surface area contributed by atoms with Gasteiger partial charge in [-0.15, -0.1) is 0 Å². The molecule has 0 saturated carbocycles. The molecule has 0 spiro atoms. The Morgan fingerprint density at radius 1 is 0.300 bits per heavy atom. The SMILES string of the molecule is [Cl-].[Cl-].[Cl-].[Cl-].[Cl-].[Cl-].[Cl-].[Cl-].[Mo].[Pd+2]. The first-order valence-corrected chi connectivity index (χ1v) is 0. The fourth-order valence-electron chi connectivity index (χ4n) is 0. The standard InChI is InChI=1S/8ClH.Mo.Pd/h8*1H;;/q;;;;;;;;;+2/p-8. The van der Waals surface area contributed by atoms with Gasteiger partial charge in [-0.3, -0.25) is 0 Å². The maximum absolute atomic E-state index is 0. The quantitative estimate of drug-likeness (QED) is 0.299. The van der Waals surface area contributed by atoms with Crippen molar-refractivity contribution in [2.24, 2.45) is 0 Å². The van der Waals surface area contributed by atoms with Gasteiger partial charge >= 0.3 is 20.4 Å². The fourth-order valence-corrected chi connectivity index (χ4v) is 0. The van der Waals surface area contributed by atoms with Crippen molar-refractivity contribution < 1.29 is 141 Å². The molecule has 0 unspecified atom stereocenters. The molecule has 0 aliphatic carbocycles. The zero-order valence-corrected chi connectivity index (χ0v) is 13.4. The Bertz CT molecular complexity index is 9.22. The van der Waals surface area contributed by atoms with Crippen molar-refractivity contribution >= 4 is 0 Å². The van der Waals surface area contributed by atoms with Gasteiger partial charge in [0.2, 0.25) is 0 Å². The van der Waals surface area contributed by atoms with E-state index in [0.29, 0.717) is 0 Å². The third-order valence-corrected chi connectivity index (χ3v) is 0. The van der Waals surface area contributed by atoms with E-state index in [1.54, 1.807) is 0 Å². The van der Waals surface area contributed by atoms with Gasteiger partial charge < -0.3 is 99.3 Å². The van der Waals surface area contributed by atoms with Gasteiger partial charge in [-0.1, -0.05) is 0 Å². The monoisotopic (exact) mass is 484 g/mol. The van der Waals surface area contributed by atoms with Crippen LogP contribution in [-0.2, 0) is 41.5 Å². The van der Waals surface area contributed by atoms with E-state index in [2.05, 4.69) is 0 Å². The minimum absolute atomic E-state index is 0. The van der Waals surface area contributed by atoms with Crippen molar-refractivity contribution in [2.45, 2.75) is 0 Å². The molecule has 0 saturated heterocycles. The Morgan fingerprint density at radius 2 is 0.300 bits per heavy atom. The molecule has 0 bridgehead atoms. The van der Waals surface area contributed by atoms with Gasteiger partial charge in [0.1, 0.15) is 0 Å². The van der Waals surface area contributed by atoms with E-state index in [-0.39, 0.29) is 141 Å². The predicted molar refractivity (Wildman–Crippen MR) is 0 cm³/mol. The van der Waals surface area contributed by atoms with Gasteiger partial charge in [0.25, 0.3) is 0 Å². The molecular weight excluding hydrogens is 486 g/mol. The number of halogens is 8.